The van der Waals surface area contributed by atoms with Crippen LogP contribution in [0.4, 0.5) is 0 Å². The standard InChI is InChI=1S/C8H12BN/c1-7(9-2)8-5-3-4-6-10-8/h3,5,10H,2,4,6H2,1H3. The molecule has 0 unspecified atom stereocenters. The summed E-state index contributed by atoms with van der Waals surface area (Å²) in [6, 6.07) is 0. The topological polar surface area (TPSA) is 12.0 Å². The molecule has 1 aliphatic heterocycles. The minimum absolute atomic E-state index is 1.05. The van der Waals surface area contributed by atoms with Crippen molar-refractivity contribution in [3.8, 4) is 0 Å². The zero-order valence-electron chi connectivity index (χ0n) is 6.35. The van der Waals surface area contributed by atoms with E-state index >= 15 is 0 Å². The van der Waals surface area contributed by atoms with Crippen molar-refractivity contribution in [2.75, 3.05) is 6.54 Å². The second-order valence-corrected chi connectivity index (χ2v) is 2.42. The number of rotatable bonds is 1. The van der Waals surface area contributed by atoms with Crippen LogP contribution in [-0.4, -0.2) is 19.9 Å². The summed E-state index contributed by atoms with van der Waals surface area (Å²) in [6.07, 6.45) is 5.42. The first kappa shape index (κ1) is 7.32. The molecule has 0 atom stereocenters. The molecule has 0 aromatic heterocycles. The summed E-state index contributed by atoms with van der Waals surface area (Å²) in [6.45, 7) is 8.69. The fraction of sp³-hybridized carbons (Fsp3) is 0.375. The van der Waals surface area contributed by atoms with E-state index in [1.165, 1.54) is 11.2 Å². The molecular weight excluding hydrogens is 121 g/mol. The van der Waals surface area contributed by atoms with E-state index in [1.54, 1.807) is 0 Å². The minimum atomic E-state index is 1.05. The van der Waals surface area contributed by atoms with Crippen LogP contribution in [-0.2, 0) is 0 Å². The monoisotopic (exact) mass is 133 g/mol. The van der Waals surface area contributed by atoms with Gasteiger partial charge in [0.15, 0.2) is 0 Å². The predicted molar refractivity (Wildman–Crippen MR) is 47.3 cm³/mol. The van der Waals surface area contributed by atoms with E-state index in [9.17, 15) is 0 Å². The van der Waals surface area contributed by atoms with Gasteiger partial charge in [-0.1, -0.05) is 0 Å². The van der Waals surface area contributed by atoms with Gasteiger partial charge in [-0.2, -0.15) is 0 Å². The second-order valence-electron chi connectivity index (χ2n) is 2.42. The summed E-state index contributed by atoms with van der Waals surface area (Å²) in [5.74, 6) is 0. The van der Waals surface area contributed by atoms with Crippen molar-refractivity contribution < 1.29 is 0 Å². The molecule has 52 valence electrons. The molecule has 0 bridgehead atoms. The third-order valence-electron chi connectivity index (χ3n) is 1.64. The van der Waals surface area contributed by atoms with Gasteiger partial charge in [-0.25, -0.2) is 0 Å². The molecule has 2 heteroatoms. The van der Waals surface area contributed by atoms with Crippen molar-refractivity contribution in [1.29, 1.82) is 0 Å². The van der Waals surface area contributed by atoms with Crippen LogP contribution < -0.4 is 5.32 Å². The molecule has 0 aromatic rings. The van der Waals surface area contributed by atoms with Gasteiger partial charge in [0.1, 0.15) is 0 Å². The molecule has 1 heterocycles. The van der Waals surface area contributed by atoms with Gasteiger partial charge >= 0.3 is 61.9 Å². The first-order valence-corrected chi connectivity index (χ1v) is 3.58. The first-order chi connectivity index (χ1) is 4.84. The van der Waals surface area contributed by atoms with E-state index in [2.05, 4.69) is 30.9 Å². The third kappa shape index (κ3) is 1.60. The Balaban J connectivity index is 2.78. The molecule has 0 saturated heterocycles. The van der Waals surface area contributed by atoms with Crippen molar-refractivity contribution in [1.82, 2.24) is 5.32 Å². The Labute approximate surface area is 62.7 Å². The SMILES string of the molecule is C=BC(C)=C1C=CCCN1. The van der Waals surface area contributed by atoms with Gasteiger partial charge in [-0.3, -0.25) is 0 Å². The van der Waals surface area contributed by atoms with E-state index in [-0.39, 0.29) is 0 Å². The Morgan fingerprint density at radius 2 is 2.60 bits per heavy atom. The predicted octanol–water partition coefficient (Wildman–Crippen LogP) is 0.904. The van der Waals surface area contributed by atoms with Crippen molar-refractivity contribution in [2.24, 2.45) is 0 Å². The summed E-state index contributed by atoms with van der Waals surface area (Å²) in [4.78, 5) is 0. The van der Waals surface area contributed by atoms with E-state index in [0.717, 1.165) is 13.0 Å². The molecule has 0 radical (unpaired) electrons. The molecule has 1 rings (SSSR count). The number of hydrogen-bond donors (Lipinski definition) is 1. The summed E-state index contributed by atoms with van der Waals surface area (Å²) in [5.41, 5.74) is 2.43. The normalized spacial score (nSPS) is 21.3. The average molecular weight is 133 g/mol. The fourth-order valence-electron chi connectivity index (χ4n) is 0.931. The molecule has 0 aromatic carbocycles. The second kappa shape index (κ2) is 3.40. The maximum absolute atomic E-state index is 3.70. The number of nitrogens with one attached hydrogen (secondary N) is 1. The summed E-state index contributed by atoms with van der Waals surface area (Å²) >= 11 is 0. The van der Waals surface area contributed by atoms with Crippen molar-refractivity contribution in [3.63, 3.8) is 0 Å². The first-order valence-electron chi connectivity index (χ1n) is 3.58. The summed E-state index contributed by atoms with van der Waals surface area (Å²) in [7, 11) is 0. The Hall–Kier alpha value is -0.785. The number of hydrogen-bond acceptors (Lipinski definition) is 1. The molecule has 1 nitrogen and oxygen atoms in total. The van der Waals surface area contributed by atoms with Gasteiger partial charge in [0, 0.05) is 0 Å². The quantitative estimate of drug-likeness (QED) is 0.524. The van der Waals surface area contributed by atoms with Crippen LogP contribution in [0.1, 0.15) is 13.3 Å². The fourth-order valence-corrected chi connectivity index (χ4v) is 0.931. The van der Waals surface area contributed by atoms with Gasteiger partial charge in [0.05, 0.1) is 0 Å². The van der Waals surface area contributed by atoms with Crippen LogP contribution in [0, 0.1) is 0 Å². The van der Waals surface area contributed by atoms with Gasteiger partial charge in [0.25, 0.3) is 0 Å². The molecule has 1 aliphatic rings. The Morgan fingerprint density at radius 3 is 3.10 bits per heavy atom. The third-order valence-corrected chi connectivity index (χ3v) is 1.64. The maximum atomic E-state index is 3.70. The summed E-state index contributed by atoms with van der Waals surface area (Å²) < 4.78 is 0. The van der Waals surface area contributed by atoms with Gasteiger partial charge in [-0.15, -0.1) is 0 Å². The average Bonchev–Trinajstić information content (AvgIpc) is 2.05. The zero-order chi connectivity index (χ0) is 7.40. The van der Waals surface area contributed by atoms with E-state index in [4.69, 9.17) is 0 Å². The van der Waals surface area contributed by atoms with Gasteiger partial charge in [0.2, 0.25) is 0 Å². The molecular formula is C8H12BN. The van der Waals surface area contributed by atoms with Crippen LogP contribution in [0.3, 0.4) is 0 Å². The van der Waals surface area contributed by atoms with Crippen molar-refractivity contribution in [3.05, 3.63) is 23.3 Å². The van der Waals surface area contributed by atoms with Crippen LogP contribution in [0.2, 0.25) is 0 Å². The molecule has 0 amide bonds. The molecule has 1 N–H and O–H groups in total. The molecule has 0 fully saturated rings. The van der Waals surface area contributed by atoms with Crippen molar-refractivity contribution in [2.45, 2.75) is 13.3 Å². The van der Waals surface area contributed by atoms with E-state index in [1.807, 2.05) is 6.92 Å². The molecule has 10 heavy (non-hydrogen) atoms. The summed E-state index contributed by atoms with van der Waals surface area (Å²) in [5, 5.41) is 3.29. The van der Waals surface area contributed by atoms with Crippen molar-refractivity contribution >= 4 is 13.4 Å². The molecule has 0 saturated carbocycles. The van der Waals surface area contributed by atoms with Gasteiger partial charge in [-0.05, 0) is 0 Å². The number of allylic oxidation sites excluding steroid dienone is 2. The Bertz CT molecular complexity index is 191. The zero-order valence-corrected chi connectivity index (χ0v) is 6.35. The Morgan fingerprint density at radius 1 is 1.80 bits per heavy atom. The Kier molecular flexibility index (Phi) is 2.49. The van der Waals surface area contributed by atoms with Crippen LogP contribution in [0.5, 0.6) is 0 Å². The molecule has 0 aliphatic carbocycles. The van der Waals surface area contributed by atoms with Crippen LogP contribution >= 0.6 is 0 Å². The van der Waals surface area contributed by atoms with Gasteiger partial charge < -0.3 is 0 Å². The van der Waals surface area contributed by atoms with Crippen LogP contribution in [0.25, 0.3) is 0 Å². The van der Waals surface area contributed by atoms with Crippen LogP contribution in [0.15, 0.2) is 23.3 Å². The van der Waals surface area contributed by atoms with E-state index < -0.39 is 0 Å². The van der Waals surface area contributed by atoms with E-state index in [0.29, 0.717) is 0 Å². The molecule has 0 spiro atoms.